The molecule has 1 aliphatic heterocycles. The van der Waals surface area contributed by atoms with Crippen LogP contribution in [-0.2, 0) is 11.3 Å². The van der Waals surface area contributed by atoms with Crippen LogP contribution in [0.1, 0.15) is 44.5 Å². The lowest BCUT2D eigenvalue weighted by Crippen LogP contribution is -2.42. The Kier molecular flexibility index (Phi) is 4.27. The summed E-state index contributed by atoms with van der Waals surface area (Å²) in [5.74, 6) is 1.64. The molecule has 3 heterocycles. The second-order valence-corrected chi connectivity index (χ2v) is 6.19. The van der Waals surface area contributed by atoms with E-state index in [1.165, 1.54) is 0 Å². The Labute approximate surface area is 130 Å². The fraction of sp³-hybridized carbons (Fsp3) is 0.562. The summed E-state index contributed by atoms with van der Waals surface area (Å²) in [6, 6.07) is 2.17. The summed E-state index contributed by atoms with van der Waals surface area (Å²) < 4.78 is 3.93. The van der Waals surface area contributed by atoms with Crippen molar-refractivity contribution in [2.24, 2.45) is 0 Å². The molecule has 0 spiro atoms. The lowest BCUT2D eigenvalue weighted by atomic mass is 10.0. The summed E-state index contributed by atoms with van der Waals surface area (Å²) in [6.45, 7) is 6.23. The van der Waals surface area contributed by atoms with Gasteiger partial charge in [-0.3, -0.25) is 9.48 Å². The van der Waals surface area contributed by atoms with Crippen molar-refractivity contribution in [2.75, 3.05) is 13.1 Å². The van der Waals surface area contributed by atoms with Crippen molar-refractivity contribution in [3.05, 3.63) is 36.7 Å². The predicted octanol–water partition coefficient (Wildman–Crippen LogP) is 2.07. The Morgan fingerprint density at radius 3 is 2.95 bits per heavy atom. The molecule has 1 aliphatic rings. The van der Waals surface area contributed by atoms with Crippen LogP contribution in [0.25, 0.3) is 0 Å². The third-order valence-corrected chi connectivity index (χ3v) is 4.21. The van der Waals surface area contributed by atoms with Gasteiger partial charge in [0.1, 0.15) is 12.4 Å². The number of carbonyl (C=O) groups is 1. The molecule has 1 fully saturated rings. The molecular formula is C16H23N5O. The van der Waals surface area contributed by atoms with Crippen LogP contribution in [0.3, 0.4) is 0 Å². The maximum atomic E-state index is 12.4. The molecule has 3 rings (SSSR count). The van der Waals surface area contributed by atoms with Crippen molar-refractivity contribution < 1.29 is 4.79 Å². The summed E-state index contributed by atoms with van der Waals surface area (Å²) in [5, 5.41) is 4.11. The standard InChI is InChI=1S/C16H23N5O/c1-13(2)16-17-7-10-21(16)14-5-3-8-19(11-14)15(22)12-20-9-4-6-18-20/h4,6-7,9-10,13-14H,3,5,8,11-12H2,1-2H3/t14-/m1/s1. The van der Waals surface area contributed by atoms with Gasteiger partial charge in [0.05, 0.1) is 6.04 Å². The predicted molar refractivity (Wildman–Crippen MR) is 83.4 cm³/mol. The van der Waals surface area contributed by atoms with Gasteiger partial charge in [0.15, 0.2) is 0 Å². The fourth-order valence-corrected chi connectivity index (χ4v) is 3.12. The van der Waals surface area contributed by atoms with Crippen molar-refractivity contribution >= 4 is 5.91 Å². The van der Waals surface area contributed by atoms with Crippen LogP contribution in [0.2, 0.25) is 0 Å². The van der Waals surface area contributed by atoms with E-state index in [0.29, 0.717) is 18.5 Å². The lowest BCUT2D eigenvalue weighted by Gasteiger charge is -2.34. The molecule has 2 aromatic rings. The van der Waals surface area contributed by atoms with Crippen molar-refractivity contribution in [3.63, 3.8) is 0 Å². The van der Waals surface area contributed by atoms with E-state index in [0.717, 1.165) is 31.8 Å². The highest BCUT2D eigenvalue weighted by Gasteiger charge is 2.26. The minimum absolute atomic E-state index is 0.139. The van der Waals surface area contributed by atoms with Crippen molar-refractivity contribution in [1.82, 2.24) is 24.2 Å². The van der Waals surface area contributed by atoms with Gasteiger partial charge in [0.25, 0.3) is 0 Å². The van der Waals surface area contributed by atoms with E-state index < -0.39 is 0 Å². The van der Waals surface area contributed by atoms with E-state index in [1.807, 2.05) is 29.6 Å². The zero-order valence-electron chi connectivity index (χ0n) is 13.2. The molecule has 1 amide bonds. The molecule has 0 saturated carbocycles. The van der Waals surface area contributed by atoms with Crippen molar-refractivity contribution in [1.29, 1.82) is 0 Å². The van der Waals surface area contributed by atoms with Crippen LogP contribution in [0.5, 0.6) is 0 Å². The minimum Gasteiger partial charge on any atom is -0.339 e. The monoisotopic (exact) mass is 301 g/mol. The average molecular weight is 301 g/mol. The van der Waals surface area contributed by atoms with E-state index in [2.05, 4.69) is 28.5 Å². The van der Waals surface area contributed by atoms with Crippen molar-refractivity contribution in [3.8, 4) is 0 Å². The quantitative estimate of drug-likeness (QED) is 0.868. The van der Waals surface area contributed by atoms with Gasteiger partial charge in [-0.05, 0) is 18.9 Å². The Balaban J connectivity index is 1.68. The molecule has 0 bridgehead atoms. The Hall–Kier alpha value is -2.11. The lowest BCUT2D eigenvalue weighted by molar-refractivity contribution is -0.133. The zero-order chi connectivity index (χ0) is 15.5. The second kappa shape index (κ2) is 6.34. The second-order valence-electron chi connectivity index (χ2n) is 6.19. The fourth-order valence-electron chi connectivity index (χ4n) is 3.12. The largest absolute Gasteiger partial charge is 0.339 e. The number of piperidine rings is 1. The number of aromatic nitrogens is 4. The summed E-state index contributed by atoms with van der Waals surface area (Å²) in [7, 11) is 0. The first-order valence-electron chi connectivity index (χ1n) is 7.93. The number of carbonyl (C=O) groups excluding carboxylic acids is 1. The van der Waals surface area contributed by atoms with E-state index >= 15 is 0 Å². The van der Waals surface area contributed by atoms with E-state index in [-0.39, 0.29) is 5.91 Å². The molecule has 6 nitrogen and oxygen atoms in total. The van der Waals surface area contributed by atoms with Gasteiger partial charge in [0.2, 0.25) is 5.91 Å². The molecule has 22 heavy (non-hydrogen) atoms. The van der Waals surface area contributed by atoms with Gasteiger partial charge in [-0.25, -0.2) is 4.98 Å². The maximum absolute atomic E-state index is 12.4. The van der Waals surface area contributed by atoms with E-state index in [1.54, 1.807) is 10.9 Å². The first-order valence-corrected chi connectivity index (χ1v) is 7.93. The van der Waals surface area contributed by atoms with Gasteiger partial charge in [-0.15, -0.1) is 0 Å². The maximum Gasteiger partial charge on any atom is 0.244 e. The molecule has 0 N–H and O–H groups in total. The Morgan fingerprint density at radius 1 is 1.36 bits per heavy atom. The normalized spacial score (nSPS) is 18.9. The molecular weight excluding hydrogens is 278 g/mol. The molecule has 1 saturated heterocycles. The van der Waals surface area contributed by atoms with Crippen molar-refractivity contribution in [2.45, 2.75) is 45.2 Å². The van der Waals surface area contributed by atoms with E-state index in [4.69, 9.17) is 0 Å². The molecule has 2 aromatic heterocycles. The number of nitrogens with zero attached hydrogens (tertiary/aromatic N) is 5. The van der Waals surface area contributed by atoms with Crippen LogP contribution in [0.15, 0.2) is 30.9 Å². The zero-order valence-corrected chi connectivity index (χ0v) is 13.2. The SMILES string of the molecule is CC(C)c1nccn1[C@@H]1CCCN(C(=O)Cn2cccn2)C1. The third-order valence-electron chi connectivity index (χ3n) is 4.21. The number of hydrogen-bond donors (Lipinski definition) is 0. The number of imidazole rings is 1. The number of amides is 1. The highest BCUT2D eigenvalue weighted by atomic mass is 16.2. The summed E-state index contributed by atoms with van der Waals surface area (Å²) in [5.41, 5.74) is 0. The van der Waals surface area contributed by atoms with Crippen LogP contribution in [0.4, 0.5) is 0 Å². The summed E-state index contributed by atoms with van der Waals surface area (Å²) >= 11 is 0. The van der Waals surface area contributed by atoms with Crippen LogP contribution < -0.4 is 0 Å². The first kappa shape index (κ1) is 14.8. The average Bonchev–Trinajstić information content (AvgIpc) is 3.18. The van der Waals surface area contributed by atoms with Crippen LogP contribution in [0, 0.1) is 0 Å². The van der Waals surface area contributed by atoms with Gasteiger partial charge in [-0.1, -0.05) is 13.8 Å². The number of rotatable bonds is 4. The minimum atomic E-state index is 0.139. The van der Waals surface area contributed by atoms with Gasteiger partial charge >= 0.3 is 0 Å². The van der Waals surface area contributed by atoms with Gasteiger partial charge < -0.3 is 9.47 Å². The van der Waals surface area contributed by atoms with Gasteiger partial charge in [0, 0.05) is 43.8 Å². The molecule has 0 unspecified atom stereocenters. The topological polar surface area (TPSA) is 56.0 Å². The number of hydrogen-bond acceptors (Lipinski definition) is 3. The molecule has 118 valence electrons. The highest BCUT2D eigenvalue weighted by molar-refractivity contribution is 5.76. The molecule has 0 radical (unpaired) electrons. The Morgan fingerprint density at radius 2 is 2.23 bits per heavy atom. The smallest absolute Gasteiger partial charge is 0.244 e. The molecule has 6 heteroatoms. The molecule has 0 aliphatic carbocycles. The van der Waals surface area contributed by atoms with E-state index in [9.17, 15) is 4.79 Å². The summed E-state index contributed by atoms with van der Waals surface area (Å²) in [6.07, 6.45) is 9.56. The molecule has 0 aromatic carbocycles. The highest BCUT2D eigenvalue weighted by Crippen LogP contribution is 2.25. The first-order chi connectivity index (χ1) is 10.6. The molecule has 1 atom stereocenters. The number of likely N-dealkylation sites (tertiary alicyclic amines) is 1. The summed E-state index contributed by atoms with van der Waals surface area (Å²) in [4.78, 5) is 18.9. The van der Waals surface area contributed by atoms with Crippen LogP contribution >= 0.6 is 0 Å². The van der Waals surface area contributed by atoms with Crippen LogP contribution in [-0.4, -0.2) is 43.2 Å². The Bertz CT molecular complexity index is 616. The third kappa shape index (κ3) is 3.05. The van der Waals surface area contributed by atoms with Gasteiger partial charge in [-0.2, -0.15) is 5.10 Å².